The van der Waals surface area contributed by atoms with Gasteiger partial charge in [0.15, 0.2) is 0 Å². The molecular formula is C18H24N6O2. The minimum Gasteiger partial charge on any atom is -0.350 e. The van der Waals surface area contributed by atoms with Gasteiger partial charge in [-0.3, -0.25) is 19.3 Å². The standard InChI is InChI=1S/C18H24N6O2/c1-14-9-22-23(13-14)7-4-17(25)24-8-6-20-12-16(24)18(26)21-11-15-3-2-5-19-10-15/h2-3,5,9-10,13,16,20H,4,6-8,11-12H2,1H3,(H,21,26). The molecule has 0 saturated carbocycles. The maximum absolute atomic E-state index is 12.6. The topological polar surface area (TPSA) is 92.2 Å². The first-order chi connectivity index (χ1) is 12.6. The van der Waals surface area contributed by atoms with E-state index in [1.54, 1.807) is 28.2 Å². The maximum Gasteiger partial charge on any atom is 0.244 e. The van der Waals surface area contributed by atoms with Gasteiger partial charge in [0.1, 0.15) is 6.04 Å². The molecule has 0 spiro atoms. The van der Waals surface area contributed by atoms with Crippen molar-refractivity contribution >= 4 is 11.8 Å². The summed E-state index contributed by atoms with van der Waals surface area (Å²) in [6.07, 6.45) is 7.41. The zero-order chi connectivity index (χ0) is 18.4. The van der Waals surface area contributed by atoms with Gasteiger partial charge in [0.25, 0.3) is 0 Å². The van der Waals surface area contributed by atoms with E-state index in [1.807, 2.05) is 25.3 Å². The van der Waals surface area contributed by atoms with Crippen LogP contribution in [0.4, 0.5) is 0 Å². The van der Waals surface area contributed by atoms with Crippen molar-refractivity contribution in [2.24, 2.45) is 0 Å². The van der Waals surface area contributed by atoms with E-state index in [-0.39, 0.29) is 11.8 Å². The minimum absolute atomic E-state index is 0.0267. The summed E-state index contributed by atoms with van der Waals surface area (Å²) in [6.45, 7) is 4.56. The number of rotatable bonds is 6. The van der Waals surface area contributed by atoms with Crippen LogP contribution in [0, 0.1) is 6.92 Å². The van der Waals surface area contributed by atoms with E-state index in [9.17, 15) is 9.59 Å². The average Bonchev–Trinajstić information content (AvgIpc) is 3.10. The zero-order valence-electron chi connectivity index (χ0n) is 14.9. The van der Waals surface area contributed by atoms with Gasteiger partial charge in [-0.2, -0.15) is 5.10 Å². The molecule has 0 aliphatic carbocycles. The van der Waals surface area contributed by atoms with Gasteiger partial charge in [-0.15, -0.1) is 0 Å². The van der Waals surface area contributed by atoms with Crippen LogP contribution in [0.25, 0.3) is 0 Å². The van der Waals surface area contributed by atoms with E-state index in [0.29, 0.717) is 39.1 Å². The molecule has 0 aromatic carbocycles. The summed E-state index contributed by atoms with van der Waals surface area (Å²) in [7, 11) is 0. The highest BCUT2D eigenvalue weighted by atomic mass is 16.2. The molecule has 0 bridgehead atoms. The number of amides is 2. The molecule has 26 heavy (non-hydrogen) atoms. The number of piperazine rings is 1. The minimum atomic E-state index is -0.493. The summed E-state index contributed by atoms with van der Waals surface area (Å²) in [5, 5.41) is 10.3. The lowest BCUT2D eigenvalue weighted by Crippen LogP contribution is -2.59. The van der Waals surface area contributed by atoms with Crippen LogP contribution in [0.5, 0.6) is 0 Å². The lowest BCUT2D eigenvalue weighted by Gasteiger charge is -2.35. The quantitative estimate of drug-likeness (QED) is 0.766. The van der Waals surface area contributed by atoms with E-state index in [0.717, 1.165) is 11.1 Å². The Bertz CT molecular complexity index is 745. The van der Waals surface area contributed by atoms with Crippen LogP contribution >= 0.6 is 0 Å². The normalized spacial score (nSPS) is 17.1. The maximum atomic E-state index is 12.6. The fraction of sp³-hybridized carbons (Fsp3) is 0.444. The Balaban J connectivity index is 1.55. The smallest absolute Gasteiger partial charge is 0.244 e. The number of hydrogen-bond acceptors (Lipinski definition) is 5. The van der Waals surface area contributed by atoms with Crippen molar-refractivity contribution in [1.29, 1.82) is 0 Å². The van der Waals surface area contributed by atoms with E-state index in [2.05, 4.69) is 20.7 Å². The molecule has 8 heteroatoms. The van der Waals surface area contributed by atoms with Gasteiger partial charge in [0.05, 0.1) is 6.20 Å². The number of carbonyl (C=O) groups excluding carboxylic acids is 2. The van der Waals surface area contributed by atoms with Crippen molar-refractivity contribution in [1.82, 2.24) is 30.3 Å². The number of hydrogen-bond donors (Lipinski definition) is 2. The average molecular weight is 356 g/mol. The van der Waals surface area contributed by atoms with Gasteiger partial charge in [-0.1, -0.05) is 6.07 Å². The summed E-state index contributed by atoms with van der Waals surface area (Å²) in [6, 6.07) is 3.24. The summed E-state index contributed by atoms with van der Waals surface area (Å²) >= 11 is 0. The molecule has 1 fully saturated rings. The highest BCUT2D eigenvalue weighted by Gasteiger charge is 2.31. The monoisotopic (exact) mass is 356 g/mol. The number of nitrogens with one attached hydrogen (secondary N) is 2. The van der Waals surface area contributed by atoms with Gasteiger partial charge >= 0.3 is 0 Å². The second-order valence-corrected chi connectivity index (χ2v) is 6.42. The van der Waals surface area contributed by atoms with E-state index in [1.165, 1.54) is 0 Å². The lowest BCUT2D eigenvalue weighted by atomic mass is 10.1. The molecule has 1 aliphatic heterocycles. The van der Waals surface area contributed by atoms with Crippen LogP contribution in [-0.4, -0.2) is 57.2 Å². The van der Waals surface area contributed by atoms with E-state index in [4.69, 9.17) is 0 Å². The second kappa shape index (κ2) is 8.57. The van der Waals surface area contributed by atoms with Crippen molar-refractivity contribution < 1.29 is 9.59 Å². The third-order valence-electron chi connectivity index (χ3n) is 4.37. The van der Waals surface area contributed by atoms with Crippen LogP contribution in [0.15, 0.2) is 36.9 Å². The van der Waals surface area contributed by atoms with Gasteiger partial charge < -0.3 is 15.5 Å². The molecule has 138 valence electrons. The Kier molecular flexibility index (Phi) is 5.96. The predicted octanol–water partition coefficient (Wildman–Crippen LogP) is 0.0934. The third-order valence-corrected chi connectivity index (χ3v) is 4.37. The molecule has 2 N–H and O–H groups in total. The van der Waals surface area contributed by atoms with Crippen molar-refractivity contribution in [3.8, 4) is 0 Å². The third kappa shape index (κ3) is 4.66. The molecule has 3 rings (SSSR count). The Labute approximate surface area is 152 Å². The SMILES string of the molecule is Cc1cnn(CCC(=O)N2CCNCC2C(=O)NCc2cccnc2)c1. The highest BCUT2D eigenvalue weighted by Crippen LogP contribution is 2.08. The van der Waals surface area contributed by atoms with Crippen LogP contribution in [0.2, 0.25) is 0 Å². The number of nitrogens with zero attached hydrogens (tertiary/aromatic N) is 4. The van der Waals surface area contributed by atoms with Crippen LogP contribution in [-0.2, 0) is 22.7 Å². The Morgan fingerprint density at radius 3 is 3.00 bits per heavy atom. The molecule has 3 heterocycles. The summed E-state index contributed by atoms with van der Waals surface area (Å²) < 4.78 is 1.76. The lowest BCUT2D eigenvalue weighted by molar-refractivity contribution is -0.141. The fourth-order valence-corrected chi connectivity index (χ4v) is 2.99. The molecule has 0 radical (unpaired) electrons. The summed E-state index contributed by atoms with van der Waals surface area (Å²) in [5.41, 5.74) is 1.99. The predicted molar refractivity (Wildman–Crippen MR) is 96.0 cm³/mol. The van der Waals surface area contributed by atoms with Gasteiger partial charge in [0.2, 0.25) is 11.8 Å². The molecule has 1 saturated heterocycles. The number of carbonyl (C=O) groups is 2. The van der Waals surface area contributed by atoms with Crippen LogP contribution < -0.4 is 10.6 Å². The molecule has 1 aliphatic rings. The van der Waals surface area contributed by atoms with Crippen molar-refractivity contribution in [3.63, 3.8) is 0 Å². The zero-order valence-corrected chi connectivity index (χ0v) is 14.9. The Morgan fingerprint density at radius 1 is 1.38 bits per heavy atom. The molecule has 8 nitrogen and oxygen atoms in total. The molecular weight excluding hydrogens is 332 g/mol. The van der Waals surface area contributed by atoms with Crippen LogP contribution in [0.3, 0.4) is 0 Å². The number of aromatic nitrogens is 3. The molecule has 2 amide bonds. The first-order valence-electron chi connectivity index (χ1n) is 8.79. The number of pyridine rings is 1. The van der Waals surface area contributed by atoms with E-state index < -0.39 is 6.04 Å². The van der Waals surface area contributed by atoms with Crippen molar-refractivity contribution in [3.05, 3.63) is 48.0 Å². The molecule has 2 aromatic rings. The molecule has 1 atom stereocenters. The first kappa shape index (κ1) is 18.1. The molecule has 2 aromatic heterocycles. The van der Waals surface area contributed by atoms with Crippen molar-refractivity contribution in [2.45, 2.75) is 32.5 Å². The van der Waals surface area contributed by atoms with Gasteiger partial charge in [-0.25, -0.2) is 0 Å². The highest BCUT2D eigenvalue weighted by molar-refractivity contribution is 5.88. The fourth-order valence-electron chi connectivity index (χ4n) is 2.99. The van der Waals surface area contributed by atoms with Crippen molar-refractivity contribution in [2.75, 3.05) is 19.6 Å². The Hall–Kier alpha value is -2.74. The van der Waals surface area contributed by atoms with E-state index >= 15 is 0 Å². The number of aryl methyl sites for hydroxylation is 2. The van der Waals surface area contributed by atoms with Crippen LogP contribution in [0.1, 0.15) is 17.5 Å². The summed E-state index contributed by atoms with van der Waals surface area (Å²) in [5.74, 6) is -0.175. The Morgan fingerprint density at radius 2 is 2.27 bits per heavy atom. The van der Waals surface area contributed by atoms with Gasteiger partial charge in [0, 0.05) is 57.7 Å². The summed E-state index contributed by atoms with van der Waals surface area (Å²) in [4.78, 5) is 30.9. The largest absolute Gasteiger partial charge is 0.350 e. The second-order valence-electron chi connectivity index (χ2n) is 6.42. The van der Waals surface area contributed by atoms with Gasteiger partial charge in [-0.05, 0) is 24.1 Å². The molecule has 1 unspecified atom stereocenters. The first-order valence-corrected chi connectivity index (χ1v) is 8.79.